The van der Waals surface area contributed by atoms with E-state index in [2.05, 4.69) is 5.32 Å². The summed E-state index contributed by atoms with van der Waals surface area (Å²) in [7, 11) is -3.59. The van der Waals surface area contributed by atoms with Crippen molar-refractivity contribution < 1.29 is 18.3 Å². The van der Waals surface area contributed by atoms with Crippen molar-refractivity contribution in [1.29, 1.82) is 0 Å². The Morgan fingerprint density at radius 1 is 1.33 bits per heavy atom. The maximum absolute atomic E-state index is 12.6. The van der Waals surface area contributed by atoms with Crippen LogP contribution < -0.4 is 5.32 Å². The molecule has 0 spiro atoms. The Kier molecular flexibility index (Phi) is 5.74. The Balaban J connectivity index is 2.16. The summed E-state index contributed by atoms with van der Waals surface area (Å²) in [6.07, 6.45) is 3.22. The van der Waals surface area contributed by atoms with Crippen LogP contribution in [-0.4, -0.2) is 50.0 Å². The standard InChI is InChI=1S/C13H20N2O4S2/c16-9-4-6-14-13(17)12-11(5-10-20-12)21(18,19)15-7-2-1-3-8-15/h5,10,16H,1-4,6-9H2,(H,14,17). The maximum Gasteiger partial charge on any atom is 0.262 e. The molecule has 1 aromatic heterocycles. The fourth-order valence-corrected chi connectivity index (χ4v) is 5.11. The van der Waals surface area contributed by atoms with Crippen molar-refractivity contribution in [3.63, 3.8) is 0 Å². The first-order chi connectivity index (χ1) is 10.1. The van der Waals surface area contributed by atoms with Gasteiger partial charge in [-0.1, -0.05) is 6.42 Å². The van der Waals surface area contributed by atoms with E-state index < -0.39 is 15.9 Å². The Morgan fingerprint density at radius 3 is 2.71 bits per heavy atom. The van der Waals surface area contributed by atoms with Crippen LogP contribution in [0.2, 0.25) is 0 Å². The van der Waals surface area contributed by atoms with Crippen LogP contribution in [-0.2, 0) is 10.0 Å². The maximum atomic E-state index is 12.6. The van der Waals surface area contributed by atoms with E-state index in [1.807, 2.05) is 0 Å². The third-order valence-electron chi connectivity index (χ3n) is 3.39. The molecule has 0 saturated carbocycles. The van der Waals surface area contributed by atoms with Gasteiger partial charge in [-0.2, -0.15) is 4.31 Å². The highest BCUT2D eigenvalue weighted by Gasteiger charge is 2.30. The highest BCUT2D eigenvalue weighted by atomic mass is 32.2. The number of sulfonamides is 1. The average Bonchev–Trinajstić information content (AvgIpc) is 2.98. The Hall–Kier alpha value is -0.960. The molecule has 1 aliphatic heterocycles. The van der Waals surface area contributed by atoms with Gasteiger partial charge in [-0.15, -0.1) is 11.3 Å². The topological polar surface area (TPSA) is 86.7 Å². The van der Waals surface area contributed by atoms with Gasteiger partial charge in [0.05, 0.1) is 0 Å². The molecule has 2 N–H and O–H groups in total. The van der Waals surface area contributed by atoms with Gasteiger partial charge < -0.3 is 10.4 Å². The summed E-state index contributed by atoms with van der Waals surface area (Å²) in [5.74, 6) is -0.394. The fraction of sp³-hybridized carbons (Fsp3) is 0.615. The number of piperidine rings is 1. The van der Waals surface area contributed by atoms with E-state index in [9.17, 15) is 13.2 Å². The highest BCUT2D eigenvalue weighted by Crippen LogP contribution is 2.27. The number of rotatable bonds is 6. The monoisotopic (exact) mass is 332 g/mol. The molecule has 1 aromatic rings. The molecular weight excluding hydrogens is 312 g/mol. The lowest BCUT2D eigenvalue weighted by Gasteiger charge is -2.25. The van der Waals surface area contributed by atoms with Crippen molar-refractivity contribution in [1.82, 2.24) is 9.62 Å². The first kappa shape index (κ1) is 16.4. The van der Waals surface area contributed by atoms with E-state index in [0.29, 0.717) is 26.1 Å². The predicted octanol–water partition coefficient (Wildman–Crippen LogP) is 1.03. The van der Waals surface area contributed by atoms with Crippen LogP contribution in [0, 0.1) is 0 Å². The van der Waals surface area contributed by atoms with Crippen molar-refractivity contribution >= 4 is 27.3 Å². The van der Waals surface area contributed by atoms with Gasteiger partial charge in [-0.05, 0) is 30.7 Å². The smallest absolute Gasteiger partial charge is 0.262 e. The van der Waals surface area contributed by atoms with E-state index >= 15 is 0 Å². The second kappa shape index (κ2) is 7.35. The SMILES string of the molecule is O=C(NCCCO)c1sccc1S(=O)(=O)N1CCCCC1. The largest absolute Gasteiger partial charge is 0.396 e. The quantitative estimate of drug-likeness (QED) is 0.762. The number of amides is 1. The van der Waals surface area contributed by atoms with Gasteiger partial charge in [0.25, 0.3) is 5.91 Å². The van der Waals surface area contributed by atoms with Crippen LogP contribution in [0.1, 0.15) is 35.4 Å². The van der Waals surface area contributed by atoms with Crippen molar-refractivity contribution in [2.24, 2.45) is 0 Å². The molecular formula is C13H20N2O4S2. The van der Waals surface area contributed by atoms with Gasteiger partial charge in [0, 0.05) is 26.2 Å². The zero-order chi connectivity index (χ0) is 15.3. The second-order valence-corrected chi connectivity index (χ2v) is 7.73. The molecule has 0 aliphatic carbocycles. The number of thiophene rings is 1. The van der Waals surface area contributed by atoms with E-state index in [0.717, 1.165) is 30.6 Å². The number of aliphatic hydroxyl groups excluding tert-OH is 1. The lowest BCUT2D eigenvalue weighted by molar-refractivity contribution is 0.0952. The predicted molar refractivity (Wildman–Crippen MR) is 81.0 cm³/mol. The molecule has 0 radical (unpaired) electrons. The summed E-state index contributed by atoms with van der Waals surface area (Å²) in [5.41, 5.74) is 0. The minimum Gasteiger partial charge on any atom is -0.396 e. The van der Waals surface area contributed by atoms with Crippen LogP contribution in [0.25, 0.3) is 0 Å². The van der Waals surface area contributed by atoms with E-state index in [1.54, 1.807) is 5.38 Å². The minimum absolute atomic E-state index is 0.0103. The van der Waals surface area contributed by atoms with Gasteiger partial charge in [0.15, 0.2) is 0 Å². The first-order valence-electron chi connectivity index (χ1n) is 7.04. The average molecular weight is 332 g/mol. The third-order valence-corrected chi connectivity index (χ3v) is 6.37. The minimum atomic E-state index is -3.59. The lowest BCUT2D eigenvalue weighted by atomic mass is 10.2. The molecule has 1 amide bonds. The molecule has 0 unspecified atom stereocenters. The van der Waals surface area contributed by atoms with Crippen molar-refractivity contribution in [3.8, 4) is 0 Å². The lowest BCUT2D eigenvalue weighted by Crippen LogP contribution is -2.36. The molecule has 1 saturated heterocycles. The number of hydrogen-bond acceptors (Lipinski definition) is 5. The summed E-state index contributed by atoms with van der Waals surface area (Å²) in [4.78, 5) is 12.4. The molecule has 1 fully saturated rings. The van der Waals surface area contributed by atoms with Gasteiger partial charge in [-0.3, -0.25) is 4.79 Å². The Labute approximate surface area is 128 Å². The molecule has 0 aromatic carbocycles. The number of carbonyl (C=O) groups is 1. The number of aliphatic hydroxyl groups is 1. The second-order valence-electron chi connectivity index (χ2n) is 4.91. The molecule has 21 heavy (non-hydrogen) atoms. The van der Waals surface area contributed by atoms with Crippen LogP contribution in [0.3, 0.4) is 0 Å². The number of hydrogen-bond donors (Lipinski definition) is 2. The molecule has 2 rings (SSSR count). The van der Waals surface area contributed by atoms with E-state index in [1.165, 1.54) is 10.4 Å². The van der Waals surface area contributed by atoms with Gasteiger partial charge in [0.1, 0.15) is 9.77 Å². The van der Waals surface area contributed by atoms with Crippen LogP contribution >= 0.6 is 11.3 Å². The van der Waals surface area contributed by atoms with Crippen LogP contribution in [0.5, 0.6) is 0 Å². The van der Waals surface area contributed by atoms with Gasteiger partial charge in [-0.25, -0.2) is 8.42 Å². The molecule has 1 aliphatic rings. The number of nitrogens with zero attached hydrogens (tertiary/aromatic N) is 1. The molecule has 0 atom stereocenters. The van der Waals surface area contributed by atoms with Crippen LogP contribution in [0.4, 0.5) is 0 Å². The third kappa shape index (κ3) is 3.82. The summed E-state index contributed by atoms with van der Waals surface area (Å²) in [5, 5.41) is 13.0. The molecule has 8 heteroatoms. The normalized spacial score (nSPS) is 16.8. The van der Waals surface area contributed by atoms with E-state index in [-0.39, 0.29) is 16.4 Å². The summed E-state index contributed by atoms with van der Waals surface area (Å²) >= 11 is 1.13. The zero-order valence-electron chi connectivity index (χ0n) is 11.7. The van der Waals surface area contributed by atoms with E-state index in [4.69, 9.17) is 5.11 Å². The highest BCUT2D eigenvalue weighted by molar-refractivity contribution is 7.89. The Bertz CT molecular complexity index is 577. The van der Waals surface area contributed by atoms with Gasteiger partial charge >= 0.3 is 0 Å². The Morgan fingerprint density at radius 2 is 2.05 bits per heavy atom. The molecule has 118 valence electrons. The van der Waals surface area contributed by atoms with Crippen molar-refractivity contribution in [2.75, 3.05) is 26.2 Å². The summed E-state index contributed by atoms with van der Waals surface area (Å²) < 4.78 is 26.7. The van der Waals surface area contributed by atoms with Gasteiger partial charge in [0.2, 0.25) is 10.0 Å². The van der Waals surface area contributed by atoms with Crippen molar-refractivity contribution in [3.05, 3.63) is 16.3 Å². The molecule has 0 bridgehead atoms. The fourth-order valence-electron chi connectivity index (χ4n) is 2.27. The summed E-state index contributed by atoms with van der Waals surface area (Å²) in [6.45, 7) is 1.35. The van der Waals surface area contributed by atoms with Crippen LogP contribution in [0.15, 0.2) is 16.3 Å². The molecule has 2 heterocycles. The first-order valence-corrected chi connectivity index (χ1v) is 9.36. The zero-order valence-corrected chi connectivity index (χ0v) is 13.4. The number of nitrogens with one attached hydrogen (secondary N) is 1. The summed E-state index contributed by atoms with van der Waals surface area (Å²) in [6, 6.07) is 1.50. The number of carbonyl (C=O) groups excluding carboxylic acids is 1. The molecule has 6 nitrogen and oxygen atoms in total. The van der Waals surface area contributed by atoms with Crippen molar-refractivity contribution in [2.45, 2.75) is 30.6 Å².